The number of fused-ring (bicyclic) bond motifs is 1. The quantitative estimate of drug-likeness (QED) is 0.754. The lowest BCUT2D eigenvalue weighted by Gasteiger charge is -2.47. The fraction of sp³-hybridized carbons (Fsp3) is 0.857. The standard InChI is InChI=1S/C14H24N2O4/c1-2-20-12(17)9-15-13(18)16-8-7-14(19)6-4-3-5-11(14)10-16/h11,19H,2-10H2,1H3,(H,15,18). The second-order valence-electron chi connectivity index (χ2n) is 5.71. The number of nitrogens with zero attached hydrogens (tertiary/aromatic N) is 1. The number of piperidine rings is 1. The average molecular weight is 284 g/mol. The third kappa shape index (κ3) is 3.42. The molecule has 0 aromatic rings. The van der Waals surface area contributed by atoms with Crippen LogP contribution in [0, 0.1) is 5.92 Å². The zero-order valence-corrected chi connectivity index (χ0v) is 12.1. The highest BCUT2D eigenvalue weighted by molar-refractivity contribution is 5.80. The Bertz CT molecular complexity index is 374. The number of aliphatic hydroxyl groups is 1. The third-order valence-electron chi connectivity index (χ3n) is 4.40. The van der Waals surface area contributed by atoms with Crippen molar-refractivity contribution in [3.8, 4) is 0 Å². The molecule has 1 saturated heterocycles. The number of esters is 1. The summed E-state index contributed by atoms with van der Waals surface area (Å²) in [6.07, 6.45) is 4.63. The van der Waals surface area contributed by atoms with E-state index in [1.165, 1.54) is 0 Å². The van der Waals surface area contributed by atoms with Crippen LogP contribution in [0.4, 0.5) is 4.79 Å². The molecule has 0 aromatic heterocycles. The molecule has 2 fully saturated rings. The molecule has 114 valence electrons. The van der Waals surface area contributed by atoms with Gasteiger partial charge in [-0.05, 0) is 26.2 Å². The van der Waals surface area contributed by atoms with Crippen LogP contribution < -0.4 is 5.32 Å². The van der Waals surface area contributed by atoms with E-state index in [0.717, 1.165) is 25.7 Å². The van der Waals surface area contributed by atoms with Gasteiger partial charge in [0.1, 0.15) is 6.54 Å². The molecule has 0 aromatic carbocycles. The lowest BCUT2D eigenvalue weighted by Crippen LogP contribution is -2.56. The summed E-state index contributed by atoms with van der Waals surface area (Å²) in [5.74, 6) is -0.259. The number of hydrogen-bond acceptors (Lipinski definition) is 4. The lowest BCUT2D eigenvalue weighted by molar-refractivity contribution is -0.141. The van der Waals surface area contributed by atoms with Gasteiger partial charge in [-0.15, -0.1) is 0 Å². The lowest BCUT2D eigenvalue weighted by atomic mass is 9.71. The number of hydrogen-bond donors (Lipinski definition) is 2. The molecule has 6 heteroatoms. The van der Waals surface area contributed by atoms with E-state index < -0.39 is 11.6 Å². The van der Waals surface area contributed by atoms with Crippen LogP contribution in [-0.4, -0.2) is 53.8 Å². The minimum atomic E-state index is -0.587. The van der Waals surface area contributed by atoms with E-state index in [0.29, 0.717) is 26.1 Å². The van der Waals surface area contributed by atoms with Gasteiger partial charge >= 0.3 is 12.0 Å². The highest BCUT2D eigenvalue weighted by atomic mass is 16.5. The van der Waals surface area contributed by atoms with Crippen LogP contribution in [0.5, 0.6) is 0 Å². The number of urea groups is 1. The van der Waals surface area contributed by atoms with Crippen molar-refractivity contribution in [3.05, 3.63) is 0 Å². The summed E-state index contributed by atoms with van der Waals surface area (Å²) in [7, 11) is 0. The van der Waals surface area contributed by atoms with E-state index in [-0.39, 0.29) is 18.5 Å². The Morgan fingerprint density at radius 2 is 2.20 bits per heavy atom. The maximum absolute atomic E-state index is 12.0. The smallest absolute Gasteiger partial charge is 0.325 e. The first-order valence-electron chi connectivity index (χ1n) is 7.46. The maximum atomic E-state index is 12.0. The number of amides is 2. The summed E-state index contributed by atoms with van der Waals surface area (Å²) in [5, 5.41) is 13.1. The minimum Gasteiger partial charge on any atom is -0.465 e. The molecule has 2 unspecified atom stereocenters. The van der Waals surface area contributed by atoms with Crippen LogP contribution in [-0.2, 0) is 9.53 Å². The molecule has 2 rings (SSSR count). The number of ether oxygens (including phenoxy) is 1. The summed E-state index contributed by atoms with van der Waals surface area (Å²) in [4.78, 5) is 24.9. The Morgan fingerprint density at radius 3 is 2.95 bits per heavy atom. The van der Waals surface area contributed by atoms with E-state index in [1.807, 2.05) is 0 Å². The van der Waals surface area contributed by atoms with Gasteiger partial charge in [-0.2, -0.15) is 0 Å². The molecule has 1 saturated carbocycles. The molecule has 1 aliphatic heterocycles. The highest BCUT2D eigenvalue weighted by Crippen LogP contribution is 2.39. The fourth-order valence-corrected chi connectivity index (χ4v) is 3.23. The molecule has 2 aliphatic rings. The van der Waals surface area contributed by atoms with Crippen LogP contribution >= 0.6 is 0 Å². The van der Waals surface area contributed by atoms with Crippen molar-refractivity contribution in [1.29, 1.82) is 0 Å². The molecule has 0 bridgehead atoms. The molecule has 6 nitrogen and oxygen atoms in total. The molecule has 0 spiro atoms. The minimum absolute atomic E-state index is 0.0991. The van der Waals surface area contributed by atoms with E-state index in [4.69, 9.17) is 4.74 Å². The molecule has 2 N–H and O–H groups in total. The Balaban J connectivity index is 1.82. The summed E-state index contributed by atoms with van der Waals surface area (Å²) in [6.45, 7) is 3.06. The van der Waals surface area contributed by atoms with Crippen molar-refractivity contribution in [2.45, 2.75) is 44.6 Å². The van der Waals surface area contributed by atoms with Gasteiger partial charge in [0.05, 0.1) is 12.2 Å². The molecule has 20 heavy (non-hydrogen) atoms. The van der Waals surface area contributed by atoms with Crippen LogP contribution in [0.25, 0.3) is 0 Å². The van der Waals surface area contributed by atoms with Gasteiger partial charge in [-0.1, -0.05) is 12.8 Å². The van der Waals surface area contributed by atoms with Gasteiger partial charge < -0.3 is 20.1 Å². The zero-order chi connectivity index (χ0) is 14.6. The van der Waals surface area contributed by atoms with Crippen LogP contribution in [0.3, 0.4) is 0 Å². The van der Waals surface area contributed by atoms with E-state index in [9.17, 15) is 14.7 Å². The van der Waals surface area contributed by atoms with Crippen molar-refractivity contribution >= 4 is 12.0 Å². The van der Waals surface area contributed by atoms with E-state index in [1.54, 1.807) is 11.8 Å². The van der Waals surface area contributed by atoms with Gasteiger partial charge in [0.15, 0.2) is 0 Å². The molecule has 0 radical (unpaired) electrons. The SMILES string of the molecule is CCOC(=O)CNC(=O)N1CCC2(O)CCCCC2C1. The first-order valence-corrected chi connectivity index (χ1v) is 7.46. The van der Waals surface area contributed by atoms with Crippen LogP contribution in [0.1, 0.15) is 39.0 Å². The Labute approximate surface area is 119 Å². The van der Waals surface area contributed by atoms with Crippen molar-refractivity contribution in [2.24, 2.45) is 5.92 Å². The zero-order valence-electron chi connectivity index (χ0n) is 12.1. The van der Waals surface area contributed by atoms with Gasteiger partial charge in [-0.3, -0.25) is 4.79 Å². The van der Waals surface area contributed by atoms with Crippen LogP contribution in [0.15, 0.2) is 0 Å². The Kier molecular flexibility index (Phi) is 4.86. The molecular weight excluding hydrogens is 260 g/mol. The fourth-order valence-electron chi connectivity index (χ4n) is 3.23. The predicted octanol–water partition coefficient (Wildman–Crippen LogP) is 0.886. The van der Waals surface area contributed by atoms with Crippen molar-refractivity contribution in [1.82, 2.24) is 10.2 Å². The predicted molar refractivity (Wildman–Crippen MR) is 73.1 cm³/mol. The maximum Gasteiger partial charge on any atom is 0.325 e. The van der Waals surface area contributed by atoms with Gasteiger partial charge in [0, 0.05) is 19.0 Å². The van der Waals surface area contributed by atoms with Crippen LogP contribution in [0.2, 0.25) is 0 Å². The molecule has 2 atom stereocenters. The Morgan fingerprint density at radius 1 is 1.40 bits per heavy atom. The van der Waals surface area contributed by atoms with Gasteiger partial charge in [0.2, 0.25) is 0 Å². The topological polar surface area (TPSA) is 78.9 Å². The van der Waals surface area contributed by atoms with E-state index >= 15 is 0 Å². The molecule has 1 heterocycles. The summed E-state index contributed by atoms with van der Waals surface area (Å²) < 4.78 is 4.77. The third-order valence-corrected chi connectivity index (χ3v) is 4.40. The number of rotatable bonds is 3. The van der Waals surface area contributed by atoms with E-state index in [2.05, 4.69) is 5.32 Å². The van der Waals surface area contributed by atoms with Crippen molar-refractivity contribution < 1.29 is 19.4 Å². The summed E-state index contributed by atoms with van der Waals surface area (Å²) in [6, 6.07) is -0.245. The number of nitrogens with one attached hydrogen (secondary N) is 1. The molecule has 2 amide bonds. The number of carbonyl (C=O) groups excluding carboxylic acids is 2. The summed E-state index contributed by atoms with van der Waals surface area (Å²) in [5.41, 5.74) is -0.587. The second kappa shape index (κ2) is 6.43. The second-order valence-corrected chi connectivity index (χ2v) is 5.71. The summed E-state index contributed by atoms with van der Waals surface area (Å²) >= 11 is 0. The van der Waals surface area contributed by atoms with Crippen molar-refractivity contribution in [2.75, 3.05) is 26.2 Å². The average Bonchev–Trinajstić information content (AvgIpc) is 2.44. The number of carbonyl (C=O) groups is 2. The number of likely N-dealkylation sites (tertiary alicyclic amines) is 1. The first-order chi connectivity index (χ1) is 9.55. The monoisotopic (exact) mass is 284 g/mol. The molecular formula is C14H24N2O4. The largest absolute Gasteiger partial charge is 0.465 e. The first kappa shape index (κ1) is 15.1. The van der Waals surface area contributed by atoms with Crippen molar-refractivity contribution in [3.63, 3.8) is 0 Å². The highest BCUT2D eigenvalue weighted by Gasteiger charge is 2.43. The Hall–Kier alpha value is -1.30. The molecule has 1 aliphatic carbocycles. The van der Waals surface area contributed by atoms with Gasteiger partial charge in [-0.25, -0.2) is 4.79 Å². The normalized spacial score (nSPS) is 29.5. The van der Waals surface area contributed by atoms with Gasteiger partial charge in [0.25, 0.3) is 0 Å².